The fourth-order valence-corrected chi connectivity index (χ4v) is 2.52. The van der Waals surface area contributed by atoms with Gasteiger partial charge in [0.2, 0.25) is 6.43 Å². The molecule has 1 aromatic heterocycles. The molecule has 1 heterocycles. The lowest BCUT2D eigenvalue weighted by atomic mass is 10.2. The third-order valence-corrected chi connectivity index (χ3v) is 3.71. The highest BCUT2D eigenvalue weighted by atomic mass is 32.2. The van der Waals surface area contributed by atoms with Crippen LogP contribution in [0.2, 0.25) is 0 Å². The Hall–Kier alpha value is -1.55. The molecule has 0 bridgehead atoms. The normalized spacial score (nSPS) is 13.7. The lowest BCUT2D eigenvalue weighted by molar-refractivity contribution is -0.140. The maximum atomic E-state index is 12.2. The summed E-state index contributed by atoms with van der Waals surface area (Å²) in [4.78, 5) is 14.4. The Morgan fingerprint density at radius 3 is 2.53 bits per heavy atom. The summed E-state index contributed by atoms with van der Waals surface area (Å²) < 4.78 is 51.1. The smallest absolute Gasteiger partial charge is 0.321 e. The van der Waals surface area contributed by atoms with Gasteiger partial charge in [-0.15, -0.1) is 0 Å². The van der Waals surface area contributed by atoms with Crippen LogP contribution in [0.25, 0.3) is 0 Å². The number of imidazole rings is 1. The highest BCUT2D eigenvalue weighted by Crippen LogP contribution is 2.11. The SMILES string of the molecule is Cc1nc(S(=O)(=O)NC(CC(F)F)C(=O)O)cn1C. The van der Waals surface area contributed by atoms with E-state index in [0.29, 0.717) is 5.82 Å². The third kappa shape index (κ3) is 3.96. The zero-order valence-electron chi connectivity index (χ0n) is 10.2. The second kappa shape index (κ2) is 5.61. The van der Waals surface area contributed by atoms with Gasteiger partial charge >= 0.3 is 5.97 Å². The van der Waals surface area contributed by atoms with Gasteiger partial charge in [-0.25, -0.2) is 22.2 Å². The average Bonchev–Trinajstić information content (AvgIpc) is 2.58. The minimum absolute atomic E-state index is 0.390. The summed E-state index contributed by atoms with van der Waals surface area (Å²) in [6.45, 7) is 1.55. The first-order valence-electron chi connectivity index (χ1n) is 5.16. The monoisotopic (exact) mass is 297 g/mol. The zero-order valence-corrected chi connectivity index (χ0v) is 11.0. The molecule has 0 aromatic carbocycles. The number of aryl methyl sites for hydroxylation is 2. The number of carbonyl (C=O) groups is 1. The molecule has 1 aromatic rings. The molecule has 0 radical (unpaired) electrons. The van der Waals surface area contributed by atoms with Gasteiger partial charge in [0.05, 0.1) is 0 Å². The van der Waals surface area contributed by atoms with E-state index in [-0.39, 0.29) is 0 Å². The van der Waals surface area contributed by atoms with Gasteiger partial charge in [-0.1, -0.05) is 0 Å². The van der Waals surface area contributed by atoms with E-state index >= 15 is 0 Å². The summed E-state index contributed by atoms with van der Waals surface area (Å²) >= 11 is 0. The summed E-state index contributed by atoms with van der Waals surface area (Å²) in [6, 6.07) is -1.90. The Kier molecular flexibility index (Phi) is 4.58. The van der Waals surface area contributed by atoms with Crippen LogP contribution in [-0.2, 0) is 21.9 Å². The van der Waals surface area contributed by atoms with Crippen molar-refractivity contribution in [3.8, 4) is 0 Å². The molecule has 1 unspecified atom stereocenters. The summed E-state index contributed by atoms with van der Waals surface area (Å²) in [5, 5.41) is 8.30. The number of sulfonamides is 1. The first-order chi connectivity index (χ1) is 8.63. The van der Waals surface area contributed by atoms with Crippen LogP contribution in [0.5, 0.6) is 0 Å². The first kappa shape index (κ1) is 15.5. The molecule has 0 fully saturated rings. The zero-order chi connectivity index (χ0) is 14.8. The second-order valence-electron chi connectivity index (χ2n) is 3.88. The van der Waals surface area contributed by atoms with Gasteiger partial charge in [-0.2, -0.15) is 4.72 Å². The molecule has 0 aliphatic heterocycles. The molecule has 7 nitrogen and oxygen atoms in total. The number of aliphatic carboxylic acids is 1. The van der Waals surface area contributed by atoms with Crippen molar-refractivity contribution in [1.82, 2.24) is 14.3 Å². The van der Waals surface area contributed by atoms with E-state index in [1.807, 2.05) is 0 Å². The van der Waals surface area contributed by atoms with E-state index in [2.05, 4.69) is 4.98 Å². The number of aromatic nitrogens is 2. The maximum absolute atomic E-state index is 12.2. The molecule has 0 amide bonds. The predicted molar refractivity (Wildman–Crippen MR) is 60.3 cm³/mol. The number of alkyl halides is 2. The van der Waals surface area contributed by atoms with E-state index in [4.69, 9.17) is 5.11 Å². The van der Waals surface area contributed by atoms with Crippen LogP contribution in [0.1, 0.15) is 12.2 Å². The Balaban J connectivity index is 2.97. The van der Waals surface area contributed by atoms with Crippen molar-refractivity contribution < 1.29 is 27.1 Å². The van der Waals surface area contributed by atoms with Crippen molar-refractivity contribution in [2.24, 2.45) is 7.05 Å². The quantitative estimate of drug-likeness (QED) is 0.776. The molecular formula is C9H13F2N3O4S. The summed E-state index contributed by atoms with van der Waals surface area (Å²) in [5.41, 5.74) is 0. The fourth-order valence-electron chi connectivity index (χ4n) is 1.28. The highest BCUT2D eigenvalue weighted by molar-refractivity contribution is 7.89. The van der Waals surface area contributed by atoms with E-state index in [1.54, 1.807) is 18.7 Å². The lowest BCUT2D eigenvalue weighted by Gasteiger charge is -2.12. The molecule has 0 aliphatic rings. The van der Waals surface area contributed by atoms with Gasteiger partial charge in [-0.3, -0.25) is 4.79 Å². The summed E-state index contributed by atoms with van der Waals surface area (Å²) in [5.74, 6) is -1.28. The largest absolute Gasteiger partial charge is 0.480 e. The second-order valence-corrected chi connectivity index (χ2v) is 5.54. The molecule has 0 saturated heterocycles. The van der Waals surface area contributed by atoms with Crippen LogP contribution >= 0.6 is 0 Å². The molecule has 19 heavy (non-hydrogen) atoms. The molecule has 108 valence electrons. The minimum atomic E-state index is -4.25. The van der Waals surface area contributed by atoms with Crippen LogP contribution in [0.3, 0.4) is 0 Å². The summed E-state index contributed by atoms with van der Waals surface area (Å²) in [7, 11) is -2.70. The number of carboxylic acids is 1. The van der Waals surface area contributed by atoms with E-state index in [9.17, 15) is 22.0 Å². The van der Waals surface area contributed by atoms with Crippen molar-refractivity contribution in [2.75, 3.05) is 0 Å². The van der Waals surface area contributed by atoms with Crippen LogP contribution in [-0.4, -0.2) is 41.5 Å². The van der Waals surface area contributed by atoms with Crippen LogP contribution in [0, 0.1) is 6.92 Å². The Bertz CT molecular complexity index is 551. The number of carboxylic acid groups (broad SMARTS) is 1. The predicted octanol–water partition coefficient (Wildman–Crippen LogP) is 0.115. The van der Waals surface area contributed by atoms with E-state index in [0.717, 1.165) is 0 Å². The van der Waals surface area contributed by atoms with Crippen molar-refractivity contribution in [2.45, 2.75) is 30.8 Å². The van der Waals surface area contributed by atoms with Gasteiger partial charge < -0.3 is 9.67 Å². The van der Waals surface area contributed by atoms with Crippen LogP contribution in [0.15, 0.2) is 11.2 Å². The summed E-state index contributed by atoms with van der Waals surface area (Å²) in [6.07, 6.45) is -2.88. The molecule has 1 rings (SSSR count). The molecule has 10 heteroatoms. The van der Waals surface area contributed by atoms with E-state index < -0.39 is 39.9 Å². The maximum Gasteiger partial charge on any atom is 0.321 e. The van der Waals surface area contributed by atoms with Gasteiger partial charge in [0.15, 0.2) is 5.03 Å². The Morgan fingerprint density at radius 2 is 2.16 bits per heavy atom. The molecule has 0 aliphatic carbocycles. The van der Waals surface area contributed by atoms with Crippen molar-refractivity contribution in [3.05, 3.63) is 12.0 Å². The lowest BCUT2D eigenvalue weighted by Crippen LogP contribution is -2.42. The van der Waals surface area contributed by atoms with Gasteiger partial charge in [-0.05, 0) is 6.92 Å². The number of nitrogens with one attached hydrogen (secondary N) is 1. The van der Waals surface area contributed by atoms with Crippen molar-refractivity contribution in [3.63, 3.8) is 0 Å². The van der Waals surface area contributed by atoms with Crippen molar-refractivity contribution in [1.29, 1.82) is 0 Å². The van der Waals surface area contributed by atoms with Gasteiger partial charge in [0.1, 0.15) is 11.9 Å². The third-order valence-electron chi connectivity index (χ3n) is 2.37. The molecular weight excluding hydrogens is 284 g/mol. The molecule has 2 N–H and O–H groups in total. The minimum Gasteiger partial charge on any atom is -0.480 e. The van der Waals surface area contributed by atoms with E-state index in [1.165, 1.54) is 10.8 Å². The molecule has 1 atom stereocenters. The highest BCUT2D eigenvalue weighted by Gasteiger charge is 2.29. The van der Waals surface area contributed by atoms with Gasteiger partial charge in [0.25, 0.3) is 10.0 Å². The van der Waals surface area contributed by atoms with Gasteiger partial charge in [0, 0.05) is 19.7 Å². The van der Waals surface area contributed by atoms with Crippen LogP contribution < -0.4 is 4.72 Å². The van der Waals surface area contributed by atoms with Crippen LogP contribution in [0.4, 0.5) is 8.78 Å². The Morgan fingerprint density at radius 1 is 1.58 bits per heavy atom. The number of rotatable bonds is 6. The molecule has 0 spiro atoms. The average molecular weight is 297 g/mol. The topological polar surface area (TPSA) is 101 Å². The number of nitrogens with zero attached hydrogens (tertiary/aromatic N) is 2. The number of hydrogen-bond donors (Lipinski definition) is 2. The number of hydrogen-bond acceptors (Lipinski definition) is 4. The standard InChI is InChI=1S/C9H13F2N3O4S/c1-5-12-8(4-14(5)2)19(17,18)13-6(9(15)16)3-7(10)11/h4,6-7,13H,3H2,1-2H3,(H,15,16). The van der Waals surface area contributed by atoms with Crippen molar-refractivity contribution >= 4 is 16.0 Å². The first-order valence-corrected chi connectivity index (χ1v) is 6.65. The Labute approximate surface area is 108 Å². The number of halogens is 2. The molecule has 0 saturated carbocycles. The fraction of sp³-hybridized carbons (Fsp3) is 0.556.